The second-order valence-electron chi connectivity index (χ2n) is 6.76. The molecule has 3 rings (SSSR count). The number of hydrazine groups is 1. The first-order chi connectivity index (χ1) is 13.7. The van der Waals surface area contributed by atoms with Gasteiger partial charge >= 0.3 is 12.1 Å². The van der Waals surface area contributed by atoms with Crippen LogP contribution in [0.4, 0.5) is 19.7 Å². The molecular formula is C19H18BrFN4O4. The Balaban J connectivity index is 1.63. The number of anilines is 1. The number of phenols is 1. The zero-order valence-corrected chi connectivity index (χ0v) is 16.9. The van der Waals surface area contributed by atoms with Gasteiger partial charge in [-0.05, 0) is 55.7 Å². The van der Waals surface area contributed by atoms with Gasteiger partial charge in [-0.3, -0.25) is 4.79 Å². The maximum atomic E-state index is 13.8. The van der Waals surface area contributed by atoms with Gasteiger partial charge in [0.1, 0.15) is 17.1 Å². The lowest BCUT2D eigenvalue weighted by Gasteiger charge is -2.21. The predicted molar refractivity (Wildman–Crippen MR) is 106 cm³/mol. The lowest BCUT2D eigenvalue weighted by molar-refractivity contribution is -0.132. The Hall–Kier alpha value is -3.14. The van der Waals surface area contributed by atoms with Crippen molar-refractivity contribution in [2.75, 3.05) is 5.32 Å². The van der Waals surface area contributed by atoms with Crippen LogP contribution in [-0.4, -0.2) is 33.6 Å². The van der Waals surface area contributed by atoms with Crippen LogP contribution in [0.1, 0.15) is 18.9 Å². The summed E-state index contributed by atoms with van der Waals surface area (Å²) in [4.78, 5) is 37.0. The lowest BCUT2D eigenvalue weighted by Crippen LogP contribution is -2.50. The van der Waals surface area contributed by atoms with Crippen molar-refractivity contribution >= 4 is 39.6 Å². The van der Waals surface area contributed by atoms with Crippen LogP contribution in [-0.2, 0) is 11.2 Å². The summed E-state index contributed by atoms with van der Waals surface area (Å²) in [5.41, 5.74) is 1.69. The number of imide groups is 1. The van der Waals surface area contributed by atoms with Crippen molar-refractivity contribution in [1.82, 2.24) is 15.8 Å². The molecule has 1 atom stereocenters. The number of urea groups is 2. The molecule has 1 aliphatic heterocycles. The van der Waals surface area contributed by atoms with Crippen molar-refractivity contribution in [3.63, 3.8) is 0 Å². The van der Waals surface area contributed by atoms with Crippen LogP contribution < -0.4 is 16.1 Å². The van der Waals surface area contributed by atoms with E-state index < -0.39 is 29.3 Å². The third-order valence-electron chi connectivity index (χ3n) is 4.50. The molecule has 4 N–H and O–H groups in total. The van der Waals surface area contributed by atoms with Gasteiger partial charge < -0.3 is 15.7 Å². The first kappa shape index (κ1) is 20.6. The number of carbonyl (C=O) groups excluding carboxylic acids is 3. The van der Waals surface area contributed by atoms with Gasteiger partial charge in [-0.2, -0.15) is 5.01 Å². The highest BCUT2D eigenvalue weighted by atomic mass is 79.9. The summed E-state index contributed by atoms with van der Waals surface area (Å²) >= 11 is 3.11. The van der Waals surface area contributed by atoms with E-state index in [0.717, 1.165) is 5.56 Å². The van der Waals surface area contributed by atoms with E-state index in [9.17, 15) is 23.9 Å². The smallest absolute Gasteiger partial charge is 0.344 e. The zero-order chi connectivity index (χ0) is 21.2. The van der Waals surface area contributed by atoms with Crippen LogP contribution >= 0.6 is 15.9 Å². The molecule has 0 radical (unpaired) electrons. The summed E-state index contributed by atoms with van der Waals surface area (Å²) in [6.07, 6.45) is 0.746. The second-order valence-corrected chi connectivity index (χ2v) is 7.68. The molecule has 0 spiro atoms. The third-order valence-corrected chi connectivity index (χ3v) is 5.00. The molecular weight excluding hydrogens is 447 g/mol. The number of carbonyl (C=O) groups is 3. The Morgan fingerprint density at radius 2 is 1.93 bits per heavy atom. The van der Waals surface area contributed by atoms with Gasteiger partial charge in [0.15, 0.2) is 0 Å². The number of halogens is 2. The van der Waals surface area contributed by atoms with E-state index in [-0.39, 0.29) is 17.9 Å². The first-order valence-electron chi connectivity index (χ1n) is 8.65. The highest BCUT2D eigenvalue weighted by Crippen LogP contribution is 2.23. The fourth-order valence-electron chi connectivity index (χ4n) is 2.85. The van der Waals surface area contributed by atoms with E-state index in [2.05, 4.69) is 32.0 Å². The topological polar surface area (TPSA) is 111 Å². The van der Waals surface area contributed by atoms with Gasteiger partial charge in [-0.15, -0.1) is 0 Å². The number of amides is 5. The Kier molecular flexibility index (Phi) is 5.73. The molecule has 0 bridgehead atoms. The maximum Gasteiger partial charge on any atom is 0.344 e. The maximum absolute atomic E-state index is 13.8. The summed E-state index contributed by atoms with van der Waals surface area (Å²) < 4.78 is 14.3. The van der Waals surface area contributed by atoms with Gasteiger partial charge in [0.2, 0.25) is 0 Å². The molecule has 1 saturated heterocycles. The number of aromatic hydroxyl groups is 1. The monoisotopic (exact) mass is 464 g/mol. The molecule has 0 aromatic heterocycles. The molecule has 0 saturated carbocycles. The summed E-state index contributed by atoms with van der Waals surface area (Å²) in [6.45, 7) is 1.56. The van der Waals surface area contributed by atoms with E-state index in [1.165, 1.54) is 30.3 Å². The van der Waals surface area contributed by atoms with Gasteiger partial charge in [0, 0.05) is 4.47 Å². The van der Waals surface area contributed by atoms with Gasteiger partial charge in [0.25, 0.3) is 5.91 Å². The summed E-state index contributed by atoms with van der Waals surface area (Å²) in [7, 11) is 0. The van der Waals surface area contributed by atoms with E-state index in [1.807, 2.05) is 0 Å². The largest absolute Gasteiger partial charge is 0.508 e. The van der Waals surface area contributed by atoms with Crippen LogP contribution in [0, 0.1) is 5.82 Å². The number of nitrogens with one attached hydrogen (secondary N) is 3. The van der Waals surface area contributed by atoms with Gasteiger partial charge in [-0.1, -0.05) is 28.1 Å². The van der Waals surface area contributed by atoms with Crippen LogP contribution in [0.25, 0.3) is 0 Å². The van der Waals surface area contributed by atoms with Gasteiger partial charge in [-0.25, -0.2) is 19.4 Å². The molecule has 2 aromatic rings. The highest BCUT2D eigenvalue weighted by Gasteiger charge is 2.48. The van der Waals surface area contributed by atoms with Crippen molar-refractivity contribution in [3.8, 4) is 5.75 Å². The summed E-state index contributed by atoms with van der Waals surface area (Å²) in [5, 5.41) is 14.7. The average molecular weight is 465 g/mol. The Bertz CT molecular complexity index is 969. The normalized spacial score (nSPS) is 18.5. The zero-order valence-electron chi connectivity index (χ0n) is 15.3. The van der Waals surface area contributed by atoms with Crippen molar-refractivity contribution < 1.29 is 23.9 Å². The molecule has 1 fully saturated rings. The van der Waals surface area contributed by atoms with Crippen LogP contribution in [0.5, 0.6) is 5.75 Å². The molecule has 2 aromatic carbocycles. The Morgan fingerprint density at radius 3 is 2.59 bits per heavy atom. The lowest BCUT2D eigenvalue weighted by atomic mass is 9.93. The van der Waals surface area contributed by atoms with E-state index >= 15 is 0 Å². The molecule has 152 valence electrons. The highest BCUT2D eigenvalue weighted by molar-refractivity contribution is 9.10. The molecule has 1 unspecified atom stereocenters. The standard InChI is InChI=1S/C19H18BrFN4O4/c1-19(9-8-11-2-5-13(26)6-3-11)16(27)25(18(29)23-19)24-17(28)22-15-7-4-12(20)10-14(15)21/h2-7,10,26H,8-9H2,1H3,(H,23,29)(H2,22,24,28). The van der Waals surface area contributed by atoms with Crippen molar-refractivity contribution in [2.24, 2.45) is 0 Å². The molecule has 1 aliphatic rings. The second kappa shape index (κ2) is 8.08. The molecule has 10 heteroatoms. The minimum atomic E-state index is -1.22. The van der Waals surface area contributed by atoms with E-state index in [1.54, 1.807) is 19.1 Å². The fourth-order valence-corrected chi connectivity index (χ4v) is 3.19. The first-order valence-corrected chi connectivity index (χ1v) is 9.44. The molecule has 1 heterocycles. The quantitative estimate of drug-likeness (QED) is 0.508. The van der Waals surface area contributed by atoms with E-state index in [0.29, 0.717) is 15.9 Å². The number of rotatable bonds is 5. The predicted octanol–water partition coefficient (Wildman–Crippen LogP) is 3.27. The van der Waals surface area contributed by atoms with Crippen molar-refractivity contribution in [3.05, 3.63) is 58.3 Å². The van der Waals surface area contributed by atoms with Crippen LogP contribution in [0.2, 0.25) is 0 Å². The molecule has 0 aliphatic carbocycles. The average Bonchev–Trinajstić information content (AvgIpc) is 2.87. The van der Waals surface area contributed by atoms with Crippen molar-refractivity contribution in [2.45, 2.75) is 25.3 Å². The van der Waals surface area contributed by atoms with Gasteiger partial charge in [0.05, 0.1) is 5.69 Å². The van der Waals surface area contributed by atoms with Crippen molar-refractivity contribution in [1.29, 1.82) is 0 Å². The fraction of sp³-hybridized carbons (Fsp3) is 0.211. The molecule has 29 heavy (non-hydrogen) atoms. The number of benzene rings is 2. The Labute approximate surface area is 174 Å². The number of hydrogen-bond donors (Lipinski definition) is 4. The minimum Gasteiger partial charge on any atom is -0.508 e. The molecule has 5 amide bonds. The number of aryl methyl sites for hydroxylation is 1. The van der Waals surface area contributed by atoms with Crippen LogP contribution in [0.15, 0.2) is 46.9 Å². The Morgan fingerprint density at radius 1 is 1.24 bits per heavy atom. The third kappa shape index (κ3) is 4.65. The number of hydrogen-bond acceptors (Lipinski definition) is 4. The number of nitrogens with zero attached hydrogens (tertiary/aromatic N) is 1. The van der Waals surface area contributed by atoms with Crippen LogP contribution in [0.3, 0.4) is 0 Å². The molecule has 8 nitrogen and oxygen atoms in total. The number of phenolic OH excluding ortho intramolecular Hbond substituents is 1. The van der Waals surface area contributed by atoms with E-state index in [4.69, 9.17) is 0 Å². The summed E-state index contributed by atoms with van der Waals surface area (Å²) in [6, 6.07) is 8.83. The summed E-state index contributed by atoms with van der Waals surface area (Å²) in [5.74, 6) is -1.17. The SMILES string of the molecule is CC1(CCc2ccc(O)cc2)NC(=O)N(NC(=O)Nc2ccc(Br)cc2F)C1=O. The minimum absolute atomic E-state index is 0.104.